The van der Waals surface area contributed by atoms with E-state index in [4.69, 9.17) is 4.74 Å². The predicted octanol–water partition coefficient (Wildman–Crippen LogP) is 4.11. The number of hydrogen-bond donors (Lipinski definition) is 1. The van der Waals surface area contributed by atoms with Crippen molar-refractivity contribution in [1.29, 1.82) is 0 Å². The quantitative estimate of drug-likeness (QED) is 0.765. The normalized spacial score (nSPS) is 16.1. The van der Waals surface area contributed by atoms with Gasteiger partial charge in [0.1, 0.15) is 6.04 Å². The molecule has 0 spiro atoms. The van der Waals surface area contributed by atoms with Crippen LogP contribution in [0.5, 0.6) is 0 Å². The number of para-hydroxylation sites is 2. The van der Waals surface area contributed by atoms with Crippen LogP contribution < -0.4 is 10.4 Å². The number of rotatable bonds is 6. The van der Waals surface area contributed by atoms with E-state index < -0.39 is 12.1 Å². The van der Waals surface area contributed by atoms with Crippen LogP contribution in [0.25, 0.3) is 0 Å². The molecule has 6 heteroatoms. The van der Waals surface area contributed by atoms with E-state index in [-0.39, 0.29) is 11.8 Å². The molecule has 1 aliphatic heterocycles. The zero-order valence-electron chi connectivity index (χ0n) is 16.4. The average Bonchev–Trinajstić information content (AvgIpc) is 3.21. The minimum Gasteiger partial charge on any atom is -0.449 e. The molecule has 0 radical (unpaired) electrons. The van der Waals surface area contributed by atoms with E-state index >= 15 is 0 Å². The molecular formula is C22H27N3O3. The number of likely N-dealkylation sites (tertiary alicyclic amines) is 1. The number of carbonyl (C=O) groups excluding carboxylic acids is 2. The number of nitrogens with one attached hydrogen (secondary N) is 1. The van der Waals surface area contributed by atoms with Gasteiger partial charge in [0, 0.05) is 6.54 Å². The molecule has 2 aromatic carbocycles. The van der Waals surface area contributed by atoms with Crippen molar-refractivity contribution in [3.63, 3.8) is 0 Å². The summed E-state index contributed by atoms with van der Waals surface area (Å²) < 4.78 is 5.34. The topological polar surface area (TPSA) is 61.9 Å². The molecule has 1 atom stereocenters. The first-order valence-corrected chi connectivity index (χ1v) is 9.70. The van der Waals surface area contributed by atoms with Gasteiger partial charge < -0.3 is 4.74 Å². The van der Waals surface area contributed by atoms with Gasteiger partial charge in [-0.1, -0.05) is 50.2 Å². The minimum atomic E-state index is -0.533. The molecule has 0 saturated carbocycles. The van der Waals surface area contributed by atoms with Crippen LogP contribution >= 0.6 is 0 Å². The van der Waals surface area contributed by atoms with Crippen LogP contribution in [0, 0.1) is 5.92 Å². The van der Waals surface area contributed by atoms with Crippen molar-refractivity contribution >= 4 is 23.4 Å². The number of anilines is 2. The Morgan fingerprint density at radius 1 is 1.07 bits per heavy atom. The molecule has 6 nitrogen and oxygen atoms in total. The maximum Gasteiger partial charge on any atom is 0.410 e. The van der Waals surface area contributed by atoms with Gasteiger partial charge >= 0.3 is 6.09 Å². The summed E-state index contributed by atoms with van der Waals surface area (Å²) in [5, 5.41) is 1.75. The molecule has 0 aromatic heterocycles. The van der Waals surface area contributed by atoms with Gasteiger partial charge in [0.05, 0.1) is 18.0 Å². The number of ether oxygens (including phenoxy) is 1. The van der Waals surface area contributed by atoms with E-state index in [1.807, 2.05) is 74.5 Å². The van der Waals surface area contributed by atoms with Gasteiger partial charge in [-0.15, -0.1) is 0 Å². The Hall–Kier alpha value is -3.02. The van der Waals surface area contributed by atoms with Gasteiger partial charge in [-0.25, -0.2) is 4.79 Å². The molecule has 3 rings (SSSR count). The van der Waals surface area contributed by atoms with Gasteiger partial charge in [0.25, 0.3) is 5.91 Å². The van der Waals surface area contributed by atoms with Gasteiger partial charge in [0.15, 0.2) is 0 Å². The fourth-order valence-corrected chi connectivity index (χ4v) is 3.20. The van der Waals surface area contributed by atoms with Crippen molar-refractivity contribution < 1.29 is 14.3 Å². The first-order valence-electron chi connectivity index (χ1n) is 9.70. The van der Waals surface area contributed by atoms with Gasteiger partial charge in [-0.2, -0.15) is 0 Å². The number of nitrogens with zero attached hydrogens (tertiary/aromatic N) is 2. The zero-order valence-corrected chi connectivity index (χ0v) is 16.4. The van der Waals surface area contributed by atoms with E-state index in [1.165, 1.54) is 4.90 Å². The minimum absolute atomic E-state index is 0.216. The number of amides is 2. The molecule has 0 aliphatic carbocycles. The third kappa shape index (κ3) is 4.82. The summed E-state index contributed by atoms with van der Waals surface area (Å²) in [4.78, 5) is 27.0. The smallest absolute Gasteiger partial charge is 0.410 e. The van der Waals surface area contributed by atoms with Crippen LogP contribution in [0.4, 0.5) is 16.2 Å². The van der Waals surface area contributed by atoms with E-state index in [1.54, 1.807) is 5.01 Å². The van der Waals surface area contributed by atoms with E-state index in [9.17, 15) is 9.59 Å². The summed E-state index contributed by atoms with van der Waals surface area (Å²) in [6.45, 7) is 4.85. The van der Waals surface area contributed by atoms with Gasteiger partial charge in [-0.05, 0) is 43.0 Å². The van der Waals surface area contributed by atoms with Crippen molar-refractivity contribution in [2.24, 2.45) is 5.92 Å². The number of benzene rings is 2. The Morgan fingerprint density at radius 2 is 1.64 bits per heavy atom. The summed E-state index contributed by atoms with van der Waals surface area (Å²) >= 11 is 0. The molecule has 1 saturated heterocycles. The van der Waals surface area contributed by atoms with Gasteiger partial charge in [0.2, 0.25) is 0 Å². The lowest BCUT2D eigenvalue weighted by molar-refractivity contribution is -0.125. The molecule has 2 amide bonds. The second-order valence-corrected chi connectivity index (χ2v) is 7.30. The average molecular weight is 381 g/mol. The Balaban J connectivity index is 1.75. The van der Waals surface area contributed by atoms with Crippen molar-refractivity contribution in [3.05, 3.63) is 60.7 Å². The van der Waals surface area contributed by atoms with Crippen LogP contribution in [0.2, 0.25) is 0 Å². The lowest BCUT2D eigenvalue weighted by atomic mass is 10.2. The second-order valence-electron chi connectivity index (χ2n) is 7.30. The Bertz CT molecular complexity index is 741. The lowest BCUT2D eigenvalue weighted by Crippen LogP contribution is -2.50. The Kier molecular flexibility index (Phi) is 6.53. The highest BCUT2D eigenvalue weighted by molar-refractivity contribution is 5.88. The predicted molar refractivity (Wildman–Crippen MR) is 109 cm³/mol. The van der Waals surface area contributed by atoms with Gasteiger partial charge in [-0.3, -0.25) is 20.1 Å². The van der Waals surface area contributed by atoms with Crippen LogP contribution in [-0.4, -0.2) is 36.1 Å². The Morgan fingerprint density at radius 3 is 2.18 bits per heavy atom. The van der Waals surface area contributed by atoms with Crippen LogP contribution in [0.15, 0.2) is 60.7 Å². The van der Waals surface area contributed by atoms with Crippen molar-refractivity contribution in [2.45, 2.75) is 32.7 Å². The summed E-state index contributed by atoms with van der Waals surface area (Å²) in [5.41, 5.74) is 4.67. The third-order valence-corrected chi connectivity index (χ3v) is 4.58. The maximum absolute atomic E-state index is 13.1. The molecular weight excluding hydrogens is 354 g/mol. The van der Waals surface area contributed by atoms with E-state index in [0.717, 1.165) is 17.8 Å². The number of hydrogen-bond acceptors (Lipinski definition) is 4. The van der Waals surface area contributed by atoms with Crippen molar-refractivity contribution in [3.8, 4) is 0 Å². The molecule has 148 valence electrons. The van der Waals surface area contributed by atoms with E-state index in [0.29, 0.717) is 19.6 Å². The zero-order chi connectivity index (χ0) is 19.9. The standard InChI is InChI=1S/C22H27N3O3/c1-17(2)16-28-22(27)24-15-9-14-20(24)21(26)23-25(18-10-5-3-6-11-18)19-12-7-4-8-13-19/h3-8,10-13,17,20H,9,14-16H2,1-2H3,(H,23,26)/t20-/m1/s1. The number of hydrazine groups is 1. The summed E-state index contributed by atoms with van der Waals surface area (Å²) in [5.74, 6) is 0.0391. The largest absolute Gasteiger partial charge is 0.449 e. The summed E-state index contributed by atoms with van der Waals surface area (Å²) in [6, 6.07) is 18.7. The van der Waals surface area contributed by atoms with Crippen molar-refractivity contribution in [1.82, 2.24) is 10.3 Å². The highest BCUT2D eigenvalue weighted by Crippen LogP contribution is 2.24. The molecule has 0 bridgehead atoms. The molecule has 1 heterocycles. The van der Waals surface area contributed by atoms with Crippen LogP contribution in [-0.2, 0) is 9.53 Å². The first-order chi connectivity index (χ1) is 13.6. The highest BCUT2D eigenvalue weighted by atomic mass is 16.6. The molecule has 1 fully saturated rings. The van der Waals surface area contributed by atoms with Crippen LogP contribution in [0.3, 0.4) is 0 Å². The molecule has 28 heavy (non-hydrogen) atoms. The monoisotopic (exact) mass is 381 g/mol. The molecule has 1 aliphatic rings. The summed E-state index contributed by atoms with van der Waals surface area (Å²) in [6.07, 6.45) is 0.989. The molecule has 2 aromatic rings. The van der Waals surface area contributed by atoms with E-state index in [2.05, 4.69) is 5.43 Å². The lowest BCUT2D eigenvalue weighted by Gasteiger charge is -2.29. The fourth-order valence-electron chi connectivity index (χ4n) is 3.20. The molecule has 0 unspecified atom stereocenters. The first kappa shape index (κ1) is 19.7. The Labute approximate surface area is 166 Å². The SMILES string of the molecule is CC(C)COC(=O)N1CCC[C@@H]1C(=O)NN(c1ccccc1)c1ccccc1. The number of carbonyl (C=O) groups is 2. The second kappa shape index (κ2) is 9.26. The van der Waals surface area contributed by atoms with Crippen LogP contribution in [0.1, 0.15) is 26.7 Å². The fraction of sp³-hybridized carbons (Fsp3) is 0.364. The molecule has 1 N–H and O–H groups in total. The van der Waals surface area contributed by atoms with Crippen molar-refractivity contribution in [2.75, 3.05) is 18.2 Å². The highest BCUT2D eigenvalue weighted by Gasteiger charge is 2.36. The maximum atomic E-state index is 13.1. The summed E-state index contributed by atoms with van der Waals surface area (Å²) in [7, 11) is 0. The third-order valence-electron chi connectivity index (χ3n) is 4.58.